The van der Waals surface area contributed by atoms with Crippen LogP contribution in [0.4, 0.5) is 4.39 Å². The van der Waals surface area contributed by atoms with Crippen molar-refractivity contribution in [2.45, 2.75) is 53.1 Å². The largest absolute Gasteiger partial charge is 0.247 e. The summed E-state index contributed by atoms with van der Waals surface area (Å²) < 4.78 is 13.9. The van der Waals surface area contributed by atoms with Crippen LogP contribution in [0, 0.1) is 22.7 Å². The zero-order chi connectivity index (χ0) is 9.85. The third-order valence-electron chi connectivity index (χ3n) is 5.03. The Hall–Kier alpha value is -0.0700. The molecule has 2 aliphatic carbocycles. The number of rotatable bonds is 2. The van der Waals surface area contributed by atoms with Crippen molar-refractivity contribution in [3.8, 4) is 0 Å². The summed E-state index contributed by atoms with van der Waals surface area (Å²) in [5.74, 6) is 1.32. The quantitative estimate of drug-likeness (QED) is 0.612. The predicted molar refractivity (Wildman–Crippen MR) is 53.3 cm³/mol. The zero-order valence-electron chi connectivity index (χ0n) is 9.23. The minimum absolute atomic E-state index is 0.0706. The molecule has 0 heterocycles. The molecule has 0 bridgehead atoms. The van der Waals surface area contributed by atoms with Crippen LogP contribution in [-0.2, 0) is 0 Å². The van der Waals surface area contributed by atoms with Gasteiger partial charge in [0, 0.05) is 5.41 Å². The molecular formula is C12H21F. The molecule has 2 fully saturated rings. The van der Waals surface area contributed by atoms with Gasteiger partial charge in [0.05, 0.1) is 0 Å². The Balaban J connectivity index is 2.25. The molecule has 4 unspecified atom stereocenters. The van der Waals surface area contributed by atoms with Gasteiger partial charge in [-0.2, -0.15) is 0 Å². The fraction of sp³-hybridized carbons (Fsp3) is 1.00. The lowest BCUT2D eigenvalue weighted by Crippen LogP contribution is -2.32. The lowest BCUT2D eigenvalue weighted by atomic mass is 9.71. The van der Waals surface area contributed by atoms with E-state index in [2.05, 4.69) is 27.7 Å². The molecule has 0 nitrogen and oxygen atoms in total. The molecule has 2 aliphatic rings. The summed E-state index contributed by atoms with van der Waals surface area (Å²) in [5.41, 5.74) is 0.281. The van der Waals surface area contributed by atoms with Gasteiger partial charge in [0.25, 0.3) is 0 Å². The van der Waals surface area contributed by atoms with Crippen molar-refractivity contribution in [1.82, 2.24) is 0 Å². The van der Waals surface area contributed by atoms with Crippen molar-refractivity contribution in [3.05, 3.63) is 0 Å². The molecule has 4 atom stereocenters. The van der Waals surface area contributed by atoms with Gasteiger partial charge >= 0.3 is 0 Å². The molecular weight excluding hydrogens is 163 g/mol. The number of halogens is 1. The second kappa shape index (κ2) is 2.49. The maximum absolute atomic E-state index is 13.9. The van der Waals surface area contributed by atoms with Crippen LogP contribution in [0.2, 0.25) is 0 Å². The molecule has 13 heavy (non-hydrogen) atoms. The van der Waals surface area contributed by atoms with Gasteiger partial charge in [0.2, 0.25) is 0 Å². The minimum atomic E-state index is -0.526. The molecule has 2 rings (SSSR count). The maximum atomic E-state index is 13.9. The molecule has 0 N–H and O–H groups in total. The van der Waals surface area contributed by atoms with Gasteiger partial charge in [0.15, 0.2) is 0 Å². The summed E-state index contributed by atoms with van der Waals surface area (Å²) in [5, 5.41) is 0. The first-order valence-electron chi connectivity index (χ1n) is 5.60. The van der Waals surface area contributed by atoms with E-state index >= 15 is 0 Å². The second-order valence-corrected chi connectivity index (χ2v) is 5.77. The molecule has 2 saturated carbocycles. The van der Waals surface area contributed by atoms with E-state index in [-0.39, 0.29) is 10.8 Å². The first kappa shape index (κ1) is 9.48. The van der Waals surface area contributed by atoms with E-state index in [0.717, 1.165) is 19.3 Å². The summed E-state index contributed by atoms with van der Waals surface area (Å²) in [7, 11) is 0. The molecule has 0 aliphatic heterocycles. The lowest BCUT2D eigenvalue weighted by Gasteiger charge is -2.34. The van der Waals surface area contributed by atoms with Crippen LogP contribution in [0.1, 0.15) is 47.0 Å². The predicted octanol–water partition coefficient (Wildman–Crippen LogP) is 3.81. The van der Waals surface area contributed by atoms with Crippen molar-refractivity contribution < 1.29 is 4.39 Å². The topological polar surface area (TPSA) is 0 Å². The summed E-state index contributed by atoms with van der Waals surface area (Å²) in [4.78, 5) is 0. The molecule has 0 saturated heterocycles. The van der Waals surface area contributed by atoms with Crippen LogP contribution in [0.25, 0.3) is 0 Å². The van der Waals surface area contributed by atoms with Gasteiger partial charge in [-0.1, -0.05) is 34.1 Å². The van der Waals surface area contributed by atoms with Gasteiger partial charge in [-0.05, 0) is 30.1 Å². The Morgan fingerprint density at radius 3 is 2.38 bits per heavy atom. The summed E-state index contributed by atoms with van der Waals surface area (Å²) in [6.07, 6.45) is 2.54. The third-order valence-corrected chi connectivity index (χ3v) is 5.03. The van der Waals surface area contributed by atoms with Crippen molar-refractivity contribution in [2.24, 2.45) is 22.7 Å². The second-order valence-electron chi connectivity index (χ2n) is 5.77. The van der Waals surface area contributed by atoms with E-state index in [1.54, 1.807) is 0 Å². The van der Waals surface area contributed by atoms with Gasteiger partial charge in [0.1, 0.15) is 6.17 Å². The highest BCUT2D eigenvalue weighted by molar-refractivity contribution is 5.19. The van der Waals surface area contributed by atoms with Crippen molar-refractivity contribution in [2.75, 3.05) is 0 Å². The van der Waals surface area contributed by atoms with Gasteiger partial charge < -0.3 is 0 Å². The Bertz CT molecular complexity index is 217. The standard InChI is InChI=1S/C12H21F/c1-5-11(3,4)12-7-9(12)8(2)6-10(12)13/h8-10H,5-7H2,1-4H3. The molecule has 0 aromatic rings. The van der Waals surface area contributed by atoms with Crippen molar-refractivity contribution >= 4 is 0 Å². The normalized spacial score (nSPS) is 49.2. The summed E-state index contributed by atoms with van der Waals surface area (Å²) in [6, 6.07) is 0. The van der Waals surface area contributed by atoms with Crippen LogP contribution in [0.3, 0.4) is 0 Å². The van der Waals surface area contributed by atoms with E-state index in [1.807, 2.05) is 0 Å². The summed E-state index contributed by atoms with van der Waals surface area (Å²) in [6.45, 7) is 8.91. The SMILES string of the molecule is CCC(C)(C)C12CC1C(C)CC2F. The Morgan fingerprint density at radius 1 is 1.46 bits per heavy atom. The number of fused-ring (bicyclic) bond motifs is 1. The molecule has 0 amide bonds. The first-order valence-corrected chi connectivity index (χ1v) is 5.60. The monoisotopic (exact) mass is 184 g/mol. The highest BCUT2D eigenvalue weighted by Gasteiger charge is 2.71. The molecule has 0 radical (unpaired) electrons. The Morgan fingerprint density at radius 2 is 2.08 bits per heavy atom. The van der Waals surface area contributed by atoms with E-state index in [4.69, 9.17) is 0 Å². The fourth-order valence-corrected chi connectivity index (χ4v) is 3.61. The van der Waals surface area contributed by atoms with Gasteiger partial charge in [-0.3, -0.25) is 0 Å². The zero-order valence-corrected chi connectivity index (χ0v) is 9.23. The van der Waals surface area contributed by atoms with Crippen LogP contribution in [-0.4, -0.2) is 6.17 Å². The van der Waals surface area contributed by atoms with E-state index in [9.17, 15) is 4.39 Å². The smallest absolute Gasteiger partial charge is 0.107 e. The third kappa shape index (κ3) is 0.964. The fourth-order valence-electron chi connectivity index (χ4n) is 3.61. The molecule has 0 aromatic carbocycles. The Kier molecular flexibility index (Phi) is 1.82. The molecule has 1 heteroatoms. The summed E-state index contributed by atoms with van der Waals surface area (Å²) >= 11 is 0. The van der Waals surface area contributed by atoms with Crippen LogP contribution >= 0.6 is 0 Å². The lowest BCUT2D eigenvalue weighted by molar-refractivity contribution is 0.0816. The molecule has 0 spiro atoms. The van der Waals surface area contributed by atoms with Crippen molar-refractivity contribution in [3.63, 3.8) is 0 Å². The highest BCUT2D eigenvalue weighted by atomic mass is 19.1. The van der Waals surface area contributed by atoms with Crippen LogP contribution < -0.4 is 0 Å². The number of alkyl halides is 1. The van der Waals surface area contributed by atoms with E-state index in [0.29, 0.717) is 11.8 Å². The number of hydrogen-bond acceptors (Lipinski definition) is 0. The molecule has 76 valence electrons. The van der Waals surface area contributed by atoms with Gasteiger partial charge in [-0.25, -0.2) is 4.39 Å². The van der Waals surface area contributed by atoms with Crippen molar-refractivity contribution in [1.29, 1.82) is 0 Å². The Labute approximate surface area is 80.9 Å². The average Bonchev–Trinajstić information content (AvgIpc) is 2.75. The number of hydrogen-bond donors (Lipinski definition) is 0. The first-order chi connectivity index (χ1) is 5.95. The average molecular weight is 184 g/mol. The van der Waals surface area contributed by atoms with Crippen LogP contribution in [0.15, 0.2) is 0 Å². The molecule has 0 aromatic heterocycles. The van der Waals surface area contributed by atoms with Crippen LogP contribution in [0.5, 0.6) is 0 Å². The van der Waals surface area contributed by atoms with Gasteiger partial charge in [-0.15, -0.1) is 0 Å². The highest BCUT2D eigenvalue weighted by Crippen LogP contribution is 2.74. The minimum Gasteiger partial charge on any atom is -0.247 e. The van der Waals surface area contributed by atoms with E-state index < -0.39 is 6.17 Å². The maximum Gasteiger partial charge on any atom is 0.107 e. The van der Waals surface area contributed by atoms with E-state index in [1.165, 1.54) is 0 Å².